The third kappa shape index (κ3) is 4.21. The number of carbonyl (C=O) groups excluding carboxylic acids is 1. The van der Waals surface area contributed by atoms with Gasteiger partial charge in [0, 0.05) is 12.3 Å². The van der Waals surface area contributed by atoms with Gasteiger partial charge in [-0.1, -0.05) is 36.4 Å². The predicted octanol–water partition coefficient (Wildman–Crippen LogP) is 1.80. The molecular weight excluding hydrogens is 300 g/mol. The van der Waals surface area contributed by atoms with Crippen LogP contribution in [0.1, 0.15) is 12.0 Å². The van der Waals surface area contributed by atoms with Crippen LogP contribution in [0.4, 0.5) is 0 Å². The lowest BCUT2D eigenvalue weighted by Crippen LogP contribution is -2.40. The first-order chi connectivity index (χ1) is 10.6. The molecule has 1 N–H and O–H groups in total. The van der Waals surface area contributed by atoms with Crippen LogP contribution in [0.2, 0.25) is 0 Å². The zero-order valence-corrected chi connectivity index (χ0v) is 12.9. The lowest BCUT2D eigenvalue weighted by molar-refractivity contribution is -0.138. The number of aliphatic carboxylic acids is 1. The SMILES string of the molecule is O=C(O)[C@@H](CS)N=C1C=CCCN1C(=O)Cc1ccccc1. The number of amides is 1. The topological polar surface area (TPSA) is 70.0 Å². The first-order valence-electron chi connectivity index (χ1n) is 7.04. The van der Waals surface area contributed by atoms with Crippen molar-refractivity contribution in [2.24, 2.45) is 4.99 Å². The highest BCUT2D eigenvalue weighted by Crippen LogP contribution is 2.11. The number of hydrogen-bond acceptors (Lipinski definition) is 4. The maximum atomic E-state index is 12.5. The summed E-state index contributed by atoms with van der Waals surface area (Å²) >= 11 is 4.00. The van der Waals surface area contributed by atoms with Gasteiger partial charge in [0.2, 0.25) is 5.91 Å². The number of thiol groups is 1. The monoisotopic (exact) mass is 318 g/mol. The summed E-state index contributed by atoms with van der Waals surface area (Å²) in [5.74, 6) is -0.643. The van der Waals surface area contributed by atoms with E-state index in [1.54, 1.807) is 11.0 Å². The van der Waals surface area contributed by atoms with Gasteiger partial charge in [-0.05, 0) is 18.1 Å². The molecule has 0 bridgehead atoms. The van der Waals surface area contributed by atoms with Crippen molar-refractivity contribution in [3.05, 3.63) is 48.0 Å². The number of nitrogens with zero attached hydrogens (tertiary/aromatic N) is 2. The number of carboxylic acid groups (broad SMARTS) is 1. The van der Waals surface area contributed by atoms with Gasteiger partial charge in [-0.3, -0.25) is 14.7 Å². The zero-order valence-electron chi connectivity index (χ0n) is 12.1. The molecule has 0 spiro atoms. The van der Waals surface area contributed by atoms with E-state index in [0.717, 1.165) is 12.0 Å². The number of aliphatic imine (C=N–C) groups is 1. The van der Waals surface area contributed by atoms with E-state index in [9.17, 15) is 9.59 Å². The molecule has 1 atom stereocenters. The van der Waals surface area contributed by atoms with E-state index in [4.69, 9.17) is 5.11 Å². The molecule has 0 fully saturated rings. The molecule has 0 saturated carbocycles. The van der Waals surface area contributed by atoms with Crippen molar-refractivity contribution in [1.29, 1.82) is 0 Å². The van der Waals surface area contributed by atoms with Gasteiger partial charge in [0.15, 0.2) is 6.04 Å². The molecule has 1 amide bonds. The molecule has 22 heavy (non-hydrogen) atoms. The van der Waals surface area contributed by atoms with Crippen LogP contribution in [-0.4, -0.2) is 46.1 Å². The molecular formula is C16H18N2O3S. The average molecular weight is 318 g/mol. The van der Waals surface area contributed by atoms with E-state index in [2.05, 4.69) is 17.6 Å². The van der Waals surface area contributed by atoms with Crippen molar-refractivity contribution in [1.82, 2.24) is 4.90 Å². The van der Waals surface area contributed by atoms with E-state index >= 15 is 0 Å². The minimum atomic E-state index is -1.04. The Labute approximate surface area is 134 Å². The summed E-state index contributed by atoms with van der Waals surface area (Å²) in [7, 11) is 0. The fourth-order valence-electron chi connectivity index (χ4n) is 2.16. The summed E-state index contributed by atoms with van der Waals surface area (Å²) < 4.78 is 0. The Morgan fingerprint density at radius 2 is 2.05 bits per heavy atom. The van der Waals surface area contributed by atoms with Gasteiger partial charge in [-0.15, -0.1) is 0 Å². The maximum absolute atomic E-state index is 12.5. The standard InChI is InChI=1S/C16H18N2O3S/c19-15(10-12-6-2-1-3-7-12)18-9-5-4-8-14(18)17-13(11-22)16(20)21/h1-4,6-8,13,22H,5,9-11H2,(H,20,21)/t13-/m1/s1. The molecule has 6 heteroatoms. The van der Waals surface area contributed by atoms with Crippen molar-refractivity contribution >= 4 is 30.3 Å². The molecule has 0 saturated heterocycles. The van der Waals surface area contributed by atoms with Gasteiger partial charge in [0.1, 0.15) is 5.84 Å². The largest absolute Gasteiger partial charge is 0.480 e. The average Bonchev–Trinajstić information content (AvgIpc) is 2.53. The van der Waals surface area contributed by atoms with E-state index in [-0.39, 0.29) is 18.1 Å². The number of benzene rings is 1. The van der Waals surface area contributed by atoms with Crippen molar-refractivity contribution < 1.29 is 14.7 Å². The van der Waals surface area contributed by atoms with Crippen molar-refractivity contribution in [3.63, 3.8) is 0 Å². The molecule has 0 aliphatic carbocycles. The molecule has 0 radical (unpaired) electrons. The Balaban J connectivity index is 2.17. The van der Waals surface area contributed by atoms with Gasteiger partial charge in [-0.25, -0.2) is 4.79 Å². The number of amidine groups is 1. The lowest BCUT2D eigenvalue weighted by Gasteiger charge is -2.26. The first kappa shape index (κ1) is 16.3. The molecule has 0 unspecified atom stereocenters. The molecule has 1 aromatic carbocycles. The molecule has 116 valence electrons. The van der Waals surface area contributed by atoms with Crippen molar-refractivity contribution in [2.45, 2.75) is 18.9 Å². The third-order valence-corrected chi connectivity index (χ3v) is 3.65. The normalized spacial score (nSPS) is 17.5. The summed E-state index contributed by atoms with van der Waals surface area (Å²) in [6, 6.07) is 8.50. The predicted molar refractivity (Wildman–Crippen MR) is 88.3 cm³/mol. The van der Waals surface area contributed by atoms with Crippen LogP contribution in [0.5, 0.6) is 0 Å². The Hall–Kier alpha value is -2.08. The third-order valence-electron chi connectivity index (χ3n) is 3.31. The van der Waals surface area contributed by atoms with Crippen LogP contribution in [0.15, 0.2) is 47.5 Å². The van der Waals surface area contributed by atoms with Crippen LogP contribution in [0.3, 0.4) is 0 Å². The van der Waals surface area contributed by atoms with E-state index in [1.165, 1.54) is 0 Å². The van der Waals surface area contributed by atoms with Crippen molar-refractivity contribution in [2.75, 3.05) is 12.3 Å². The molecule has 0 aromatic heterocycles. The molecule has 5 nitrogen and oxygen atoms in total. The number of hydrogen-bond donors (Lipinski definition) is 2. The van der Waals surface area contributed by atoms with E-state index < -0.39 is 12.0 Å². The Bertz CT molecular complexity index is 599. The number of carboxylic acids is 1. The lowest BCUT2D eigenvalue weighted by atomic mass is 10.1. The quantitative estimate of drug-likeness (QED) is 0.813. The molecule has 1 aromatic rings. The fourth-order valence-corrected chi connectivity index (χ4v) is 2.40. The highest BCUT2D eigenvalue weighted by molar-refractivity contribution is 7.80. The minimum absolute atomic E-state index is 0.0856. The van der Waals surface area contributed by atoms with Crippen LogP contribution < -0.4 is 0 Å². The van der Waals surface area contributed by atoms with E-state index in [1.807, 2.05) is 36.4 Å². The molecule has 2 rings (SSSR count). The van der Waals surface area contributed by atoms with Gasteiger partial charge in [0.05, 0.1) is 6.42 Å². The van der Waals surface area contributed by atoms with Gasteiger partial charge >= 0.3 is 5.97 Å². The second-order valence-corrected chi connectivity index (χ2v) is 5.29. The van der Waals surface area contributed by atoms with Gasteiger partial charge in [0.25, 0.3) is 0 Å². The highest BCUT2D eigenvalue weighted by atomic mass is 32.1. The summed E-state index contributed by atoms with van der Waals surface area (Å²) in [5, 5.41) is 9.08. The second kappa shape index (κ2) is 7.79. The molecule has 1 heterocycles. The first-order valence-corrected chi connectivity index (χ1v) is 7.67. The van der Waals surface area contributed by atoms with Crippen LogP contribution in [0.25, 0.3) is 0 Å². The van der Waals surface area contributed by atoms with Gasteiger partial charge in [-0.2, -0.15) is 12.6 Å². The summed E-state index contributed by atoms with van der Waals surface area (Å²) in [4.78, 5) is 29.3. The minimum Gasteiger partial charge on any atom is -0.480 e. The fraction of sp³-hybridized carbons (Fsp3) is 0.312. The summed E-state index contributed by atoms with van der Waals surface area (Å²) in [5.41, 5.74) is 0.922. The number of rotatable bonds is 5. The van der Waals surface area contributed by atoms with Crippen LogP contribution >= 0.6 is 12.6 Å². The van der Waals surface area contributed by atoms with Crippen LogP contribution in [-0.2, 0) is 16.0 Å². The number of carbonyl (C=O) groups is 2. The summed E-state index contributed by atoms with van der Waals surface area (Å²) in [6.07, 6.45) is 4.60. The highest BCUT2D eigenvalue weighted by Gasteiger charge is 2.23. The smallest absolute Gasteiger partial charge is 0.329 e. The second-order valence-electron chi connectivity index (χ2n) is 4.92. The Morgan fingerprint density at radius 3 is 2.68 bits per heavy atom. The van der Waals surface area contributed by atoms with Crippen LogP contribution in [0, 0.1) is 0 Å². The van der Waals surface area contributed by atoms with Gasteiger partial charge < -0.3 is 5.11 Å². The maximum Gasteiger partial charge on any atom is 0.329 e. The Kier molecular flexibility index (Phi) is 5.77. The molecule has 1 aliphatic rings. The Morgan fingerprint density at radius 1 is 1.32 bits per heavy atom. The molecule has 1 aliphatic heterocycles. The van der Waals surface area contributed by atoms with Crippen molar-refractivity contribution in [3.8, 4) is 0 Å². The zero-order chi connectivity index (χ0) is 15.9. The van der Waals surface area contributed by atoms with E-state index in [0.29, 0.717) is 12.4 Å². The summed E-state index contributed by atoms with van der Waals surface area (Å²) in [6.45, 7) is 0.514.